The highest BCUT2D eigenvalue weighted by Crippen LogP contribution is 2.08. The third-order valence-corrected chi connectivity index (χ3v) is 2.90. The number of rotatable bonds is 4. The van der Waals surface area contributed by atoms with Gasteiger partial charge in [-0.3, -0.25) is 4.79 Å². The molecule has 2 aromatic rings. The number of nitrogen functional groups attached to an aromatic ring is 1. The normalized spacial score (nSPS) is 10.1. The third kappa shape index (κ3) is 2.79. The number of carbonyl (C=O) groups is 1. The van der Waals surface area contributed by atoms with Crippen LogP contribution in [0, 0.1) is 0 Å². The van der Waals surface area contributed by atoms with Crippen LogP contribution in [-0.2, 0) is 6.54 Å². The van der Waals surface area contributed by atoms with Crippen LogP contribution in [0.3, 0.4) is 0 Å². The van der Waals surface area contributed by atoms with Gasteiger partial charge in [-0.2, -0.15) is 0 Å². The fraction of sp³-hybridized carbons (Fsp3) is 0.200. The van der Waals surface area contributed by atoms with Crippen LogP contribution < -0.4 is 11.3 Å². The van der Waals surface area contributed by atoms with Crippen molar-refractivity contribution < 1.29 is 4.79 Å². The monoisotopic (exact) mass is 264 g/mol. The Morgan fingerprint density at radius 1 is 1.50 bits per heavy atom. The Kier molecular flexibility index (Phi) is 3.80. The van der Waals surface area contributed by atoms with Crippen molar-refractivity contribution in [1.82, 2.24) is 20.1 Å². The predicted molar refractivity (Wildman–Crippen MR) is 67.8 cm³/mol. The Hall–Kier alpha value is -2.06. The molecule has 94 valence electrons. The molecule has 7 nitrogen and oxygen atoms in total. The molecule has 0 fully saturated rings. The molecule has 0 aliphatic heterocycles. The SMILES string of the molecule is CN(Cc1cscn1)C(=O)c1ccc(NN)nn1. The molecular weight excluding hydrogens is 252 g/mol. The minimum absolute atomic E-state index is 0.209. The molecule has 3 N–H and O–H groups in total. The molecule has 0 bridgehead atoms. The summed E-state index contributed by atoms with van der Waals surface area (Å²) < 4.78 is 0. The number of nitrogens with two attached hydrogens (primary N) is 1. The van der Waals surface area contributed by atoms with Crippen molar-refractivity contribution in [3.63, 3.8) is 0 Å². The number of aromatic nitrogens is 3. The van der Waals surface area contributed by atoms with Crippen molar-refractivity contribution in [3.05, 3.63) is 34.4 Å². The van der Waals surface area contributed by atoms with Crippen molar-refractivity contribution >= 4 is 23.1 Å². The molecule has 0 radical (unpaired) electrons. The molecule has 0 atom stereocenters. The molecule has 1 amide bonds. The maximum absolute atomic E-state index is 12.0. The lowest BCUT2D eigenvalue weighted by Crippen LogP contribution is -2.27. The summed E-state index contributed by atoms with van der Waals surface area (Å²) in [7, 11) is 1.69. The van der Waals surface area contributed by atoms with E-state index in [2.05, 4.69) is 20.6 Å². The molecule has 2 heterocycles. The van der Waals surface area contributed by atoms with Crippen LogP contribution in [0.5, 0.6) is 0 Å². The van der Waals surface area contributed by atoms with Gasteiger partial charge in [0.15, 0.2) is 11.5 Å². The number of hydrogen-bond donors (Lipinski definition) is 2. The Morgan fingerprint density at radius 2 is 2.33 bits per heavy atom. The molecule has 2 rings (SSSR count). The second kappa shape index (κ2) is 5.52. The fourth-order valence-electron chi connectivity index (χ4n) is 1.35. The summed E-state index contributed by atoms with van der Waals surface area (Å²) in [5, 5.41) is 9.45. The van der Waals surface area contributed by atoms with Gasteiger partial charge in [0.05, 0.1) is 17.7 Å². The Labute approximate surface area is 108 Å². The van der Waals surface area contributed by atoms with Gasteiger partial charge in [-0.05, 0) is 12.1 Å². The van der Waals surface area contributed by atoms with Gasteiger partial charge < -0.3 is 10.3 Å². The van der Waals surface area contributed by atoms with Gasteiger partial charge in [-0.25, -0.2) is 10.8 Å². The maximum Gasteiger partial charge on any atom is 0.274 e. The van der Waals surface area contributed by atoms with Gasteiger partial charge in [0.2, 0.25) is 0 Å². The lowest BCUT2D eigenvalue weighted by molar-refractivity contribution is 0.0776. The molecule has 0 saturated carbocycles. The first-order valence-corrected chi connectivity index (χ1v) is 6.08. The van der Waals surface area contributed by atoms with E-state index in [1.165, 1.54) is 16.2 Å². The first kappa shape index (κ1) is 12.4. The van der Waals surface area contributed by atoms with Crippen molar-refractivity contribution in [1.29, 1.82) is 0 Å². The first-order chi connectivity index (χ1) is 8.70. The van der Waals surface area contributed by atoms with Gasteiger partial charge in [0, 0.05) is 12.4 Å². The summed E-state index contributed by atoms with van der Waals surface area (Å²) in [5.74, 6) is 5.37. The summed E-state index contributed by atoms with van der Waals surface area (Å²) >= 11 is 1.49. The lowest BCUT2D eigenvalue weighted by Gasteiger charge is -2.14. The average molecular weight is 264 g/mol. The van der Waals surface area contributed by atoms with E-state index < -0.39 is 0 Å². The number of hydrazine groups is 1. The highest BCUT2D eigenvalue weighted by molar-refractivity contribution is 7.07. The van der Waals surface area contributed by atoms with Crippen LogP contribution >= 0.6 is 11.3 Å². The number of thiazole rings is 1. The molecule has 8 heteroatoms. The minimum atomic E-state index is -0.209. The number of nitrogens with zero attached hydrogens (tertiary/aromatic N) is 4. The van der Waals surface area contributed by atoms with Gasteiger partial charge in [0.1, 0.15) is 0 Å². The van der Waals surface area contributed by atoms with Crippen LogP contribution in [0.15, 0.2) is 23.0 Å². The number of carbonyl (C=O) groups excluding carboxylic acids is 1. The van der Waals surface area contributed by atoms with Crippen molar-refractivity contribution in [2.75, 3.05) is 12.5 Å². The molecule has 2 aromatic heterocycles. The van der Waals surface area contributed by atoms with Gasteiger partial charge >= 0.3 is 0 Å². The Morgan fingerprint density at radius 3 is 2.89 bits per heavy atom. The van der Waals surface area contributed by atoms with Crippen LogP contribution in [0.25, 0.3) is 0 Å². The zero-order valence-electron chi connectivity index (χ0n) is 9.70. The number of anilines is 1. The van der Waals surface area contributed by atoms with Gasteiger partial charge in [0.25, 0.3) is 5.91 Å². The van der Waals surface area contributed by atoms with Crippen molar-refractivity contribution in [3.8, 4) is 0 Å². The maximum atomic E-state index is 12.0. The predicted octanol–water partition coefficient (Wildman–Crippen LogP) is 0.491. The lowest BCUT2D eigenvalue weighted by atomic mass is 10.3. The van der Waals surface area contributed by atoms with Crippen molar-refractivity contribution in [2.24, 2.45) is 5.84 Å². The molecule has 0 unspecified atom stereocenters. The molecule has 0 aromatic carbocycles. The fourth-order valence-corrected chi connectivity index (χ4v) is 1.90. The molecule has 0 aliphatic carbocycles. The van der Waals surface area contributed by atoms with Gasteiger partial charge in [-0.1, -0.05) is 0 Å². The standard InChI is InChI=1S/C10H12N6OS/c1-16(4-7-5-18-6-12-7)10(17)8-2-3-9(13-11)15-14-8/h2-3,5-6H,4,11H2,1H3,(H,13,15). The van der Waals surface area contributed by atoms with Crippen molar-refractivity contribution in [2.45, 2.75) is 6.54 Å². The van der Waals surface area contributed by atoms with E-state index in [1.54, 1.807) is 24.7 Å². The van der Waals surface area contributed by atoms with E-state index in [4.69, 9.17) is 5.84 Å². The van der Waals surface area contributed by atoms with Crippen LogP contribution in [0.2, 0.25) is 0 Å². The van der Waals surface area contributed by atoms with E-state index in [0.29, 0.717) is 12.4 Å². The summed E-state index contributed by atoms with van der Waals surface area (Å²) in [6.45, 7) is 0.445. The van der Waals surface area contributed by atoms with Gasteiger partial charge in [-0.15, -0.1) is 21.5 Å². The summed E-state index contributed by atoms with van der Waals surface area (Å²) in [6.07, 6.45) is 0. The molecule has 0 aliphatic rings. The second-order valence-electron chi connectivity index (χ2n) is 3.59. The highest BCUT2D eigenvalue weighted by atomic mass is 32.1. The Bertz CT molecular complexity index is 512. The van der Waals surface area contributed by atoms with E-state index >= 15 is 0 Å². The number of hydrogen-bond acceptors (Lipinski definition) is 7. The van der Waals surface area contributed by atoms with Crippen LogP contribution in [-0.4, -0.2) is 33.0 Å². The van der Waals surface area contributed by atoms with E-state index in [9.17, 15) is 4.79 Å². The average Bonchev–Trinajstić information content (AvgIpc) is 2.91. The first-order valence-electron chi connectivity index (χ1n) is 5.13. The van der Waals surface area contributed by atoms with E-state index in [0.717, 1.165) is 5.69 Å². The van der Waals surface area contributed by atoms with Crippen LogP contribution in [0.1, 0.15) is 16.2 Å². The molecular formula is C10H12N6OS. The molecule has 18 heavy (non-hydrogen) atoms. The molecule has 0 saturated heterocycles. The summed E-state index contributed by atoms with van der Waals surface area (Å²) in [5.41, 5.74) is 5.20. The van der Waals surface area contributed by atoms with E-state index in [-0.39, 0.29) is 11.6 Å². The van der Waals surface area contributed by atoms with E-state index in [1.807, 2.05) is 5.38 Å². The topological polar surface area (TPSA) is 97.0 Å². The summed E-state index contributed by atoms with van der Waals surface area (Å²) in [6, 6.07) is 3.17. The Balaban J connectivity index is 2.05. The number of nitrogens with one attached hydrogen (secondary N) is 1. The minimum Gasteiger partial charge on any atom is -0.334 e. The zero-order chi connectivity index (χ0) is 13.0. The highest BCUT2D eigenvalue weighted by Gasteiger charge is 2.14. The largest absolute Gasteiger partial charge is 0.334 e. The smallest absolute Gasteiger partial charge is 0.274 e. The number of amides is 1. The molecule has 0 spiro atoms. The van der Waals surface area contributed by atoms with Crippen LogP contribution in [0.4, 0.5) is 5.82 Å². The summed E-state index contributed by atoms with van der Waals surface area (Å²) in [4.78, 5) is 17.7. The zero-order valence-corrected chi connectivity index (χ0v) is 10.5. The second-order valence-corrected chi connectivity index (χ2v) is 4.31. The quantitative estimate of drug-likeness (QED) is 0.616. The third-order valence-electron chi connectivity index (χ3n) is 2.26.